The third-order valence-electron chi connectivity index (χ3n) is 6.55. The molecule has 13 nitrogen and oxygen atoms in total. The highest BCUT2D eigenvalue weighted by Gasteiger charge is 2.38. The van der Waals surface area contributed by atoms with Crippen LogP contribution in [0.2, 0.25) is 5.02 Å². The van der Waals surface area contributed by atoms with Crippen molar-refractivity contribution < 1.29 is 52.1 Å². The SMILES string of the molecule is C[C@H](NC(=O)[C@@H](CCCCNC(=O)OCc1ccccc1)NC(=O)N[C@@H](CCCCN)C(=O)O)c1ccc(Cl)cc1.O=C(O)C(F)(F)F. The monoisotopic (exact) mass is 703 g/mol. The zero-order chi connectivity index (χ0) is 36.1. The van der Waals surface area contributed by atoms with Crippen LogP contribution in [0.15, 0.2) is 54.6 Å². The summed E-state index contributed by atoms with van der Waals surface area (Å²) in [6.07, 6.45) is -2.96. The Kier molecular flexibility index (Phi) is 19.1. The molecule has 0 unspecified atom stereocenters. The number of halogens is 4. The minimum atomic E-state index is -5.08. The average Bonchev–Trinajstić information content (AvgIpc) is 3.03. The summed E-state index contributed by atoms with van der Waals surface area (Å²) in [4.78, 5) is 58.3. The van der Waals surface area contributed by atoms with Gasteiger partial charge in [-0.3, -0.25) is 4.79 Å². The third-order valence-corrected chi connectivity index (χ3v) is 6.80. The van der Waals surface area contributed by atoms with Gasteiger partial charge in [-0.1, -0.05) is 54.1 Å². The van der Waals surface area contributed by atoms with Crippen LogP contribution in [0.3, 0.4) is 0 Å². The van der Waals surface area contributed by atoms with Gasteiger partial charge in [-0.25, -0.2) is 19.2 Å². The van der Waals surface area contributed by atoms with Crippen LogP contribution >= 0.6 is 11.6 Å². The normalized spacial score (nSPS) is 12.6. The fraction of sp³-hybridized carbons (Fsp3) is 0.452. The molecule has 0 radical (unpaired) electrons. The molecule has 17 heteroatoms. The van der Waals surface area contributed by atoms with Gasteiger partial charge < -0.3 is 42.0 Å². The van der Waals surface area contributed by atoms with Crippen LogP contribution < -0.4 is 27.0 Å². The van der Waals surface area contributed by atoms with E-state index in [-0.39, 0.29) is 25.5 Å². The molecule has 0 saturated carbocycles. The average molecular weight is 704 g/mol. The second-order valence-electron chi connectivity index (χ2n) is 10.4. The van der Waals surface area contributed by atoms with Gasteiger partial charge in [-0.05, 0) is 75.3 Å². The van der Waals surface area contributed by atoms with E-state index in [0.29, 0.717) is 43.8 Å². The summed E-state index contributed by atoms with van der Waals surface area (Å²) < 4.78 is 36.9. The molecule has 0 spiro atoms. The van der Waals surface area contributed by atoms with E-state index < -0.39 is 48.2 Å². The number of carboxylic acid groups (broad SMARTS) is 2. The van der Waals surface area contributed by atoms with Crippen molar-refractivity contribution in [3.63, 3.8) is 0 Å². The van der Waals surface area contributed by atoms with Gasteiger partial charge in [0.05, 0.1) is 6.04 Å². The quantitative estimate of drug-likeness (QED) is 0.116. The summed E-state index contributed by atoms with van der Waals surface area (Å²) in [6.45, 7) is 2.70. The van der Waals surface area contributed by atoms with E-state index in [2.05, 4.69) is 21.3 Å². The zero-order valence-electron chi connectivity index (χ0n) is 26.2. The number of hydrogen-bond donors (Lipinski definition) is 7. The van der Waals surface area contributed by atoms with E-state index in [4.69, 9.17) is 32.0 Å². The summed E-state index contributed by atoms with van der Waals surface area (Å²) in [7, 11) is 0. The van der Waals surface area contributed by atoms with Crippen molar-refractivity contribution in [3.8, 4) is 0 Å². The Morgan fingerprint density at radius 2 is 1.42 bits per heavy atom. The Morgan fingerprint density at radius 3 is 1.98 bits per heavy atom. The first-order valence-electron chi connectivity index (χ1n) is 14.9. The molecule has 8 N–H and O–H groups in total. The number of hydrogen-bond acceptors (Lipinski definition) is 7. The van der Waals surface area contributed by atoms with E-state index in [1.165, 1.54) is 0 Å². The molecule has 0 saturated heterocycles. The number of carbonyl (C=O) groups is 5. The van der Waals surface area contributed by atoms with Crippen molar-refractivity contribution in [1.29, 1.82) is 0 Å². The number of carboxylic acids is 2. The second kappa shape index (κ2) is 22.1. The first-order chi connectivity index (χ1) is 22.6. The summed E-state index contributed by atoms with van der Waals surface area (Å²) in [6, 6.07) is 13.2. The predicted octanol–water partition coefficient (Wildman–Crippen LogP) is 4.50. The molecular weight excluding hydrogens is 663 g/mol. The molecule has 0 heterocycles. The molecule has 48 heavy (non-hydrogen) atoms. The molecule has 4 amide bonds. The van der Waals surface area contributed by atoms with E-state index in [0.717, 1.165) is 11.1 Å². The van der Waals surface area contributed by atoms with Gasteiger partial charge in [0.25, 0.3) is 0 Å². The van der Waals surface area contributed by atoms with Crippen molar-refractivity contribution in [2.75, 3.05) is 13.1 Å². The van der Waals surface area contributed by atoms with Crippen LogP contribution in [0.25, 0.3) is 0 Å². The summed E-state index contributed by atoms with van der Waals surface area (Å²) in [5.41, 5.74) is 7.18. The Bertz CT molecular complexity index is 1300. The van der Waals surface area contributed by atoms with Crippen LogP contribution in [0.1, 0.15) is 62.6 Å². The molecule has 0 fully saturated rings. The van der Waals surface area contributed by atoms with Crippen LogP contribution in [0.5, 0.6) is 0 Å². The van der Waals surface area contributed by atoms with Gasteiger partial charge in [-0.2, -0.15) is 13.2 Å². The highest BCUT2D eigenvalue weighted by atomic mass is 35.5. The molecule has 0 aromatic heterocycles. The maximum Gasteiger partial charge on any atom is 0.490 e. The van der Waals surface area contributed by atoms with Gasteiger partial charge in [0, 0.05) is 11.6 Å². The lowest BCUT2D eigenvalue weighted by atomic mass is 10.1. The number of nitrogens with one attached hydrogen (secondary N) is 4. The van der Waals surface area contributed by atoms with Crippen molar-refractivity contribution in [2.45, 2.75) is 76.4 Å². The van der Waals surface area contributed by atoms with Gasteiger partial charge in [0.15, 0.2) is 0 Å². The van der Waals surface area contributed by atoms with Gasteiger partial charge in [0.1, 0.15) is 18.7 Å². The maximum atomic E-state index is 13.2. The second-order valence-corrected chi connectivity index (χ2v) is 10.9. The summed E-state index contributed by atoms with van der Waals surface area (Å²) in [5, 5.41) is 27.8. The lowest BCUT2D eigenvalue weighted by molar-refractivity contribution is -0.192. The minimum absolute atomic E-state index is 0.156. The lowest BCUT2D eigenvalue weighted by Gasteiger charge is -2.23. The molecule has 2 aromatic rings. The number of ether oxygens (including phenoxy) is 1. The van der Waals surface area contributed by atoms with E-state index >= 15 is 0 Å². The Morgan fingerprint density at radius 1 is 0.854 bits per heavy atom. The van der Waals surface area contributed by atoms with Crippen LogP contribution in [0, 0.1) is 0 Å². The van der Waals surface area contributed by atoms with Crippen LogP contribution in [-0.4, -0.2) is 71.5 Å². The van der Waals surface area contributed by atoms with Crippen molar-refractivity contribution in [3.05, 3.63) is 70.7 Å². The Labute approximate surface area is 280 Å². The van der Waals surface area contributed by atoms with Crippen LogP contribution in [0.4, 0.5) is 22.8 Å². The first-order valence-corrected chi connectivity index (χ1v) is 15.3. The number of carbonyl (C=O) groups excluding carboxylic acids is 3. The molecule has 3 atom stereocenters. The smallest absolute Gasteiger partial charge is 0.480 e. The fourth-order valence-corrected chi connectivity index (χ4v) is 4.09. The summed E-state index contributed by atoms with van der Waals surface area (Å²) >= 11 is 5.96. The Balaban J connectivity index is 0.00000148. The molecule has 0 aliphatic heterocycles. The van der Waals surface area contributed by atoms with Crippen molar-refractivity contribution >= 4 is 41.6 Å². The number of rotatable bonds is 17. The highest BCUT2D eigenvalue weighted by molar-refractivity contribution is 6.30. The number of nitrogens with two attached hydrogens (primary N) is 1. The lowest BCUT2D eigenvalue weighted by Crippen LogP contribution is -2.53. The number of aliphatic carboxylic acids is 2. The largest absolute Gasteiger partial charge is 0.490 e. The van der Waals surface area contributed by atoms with E-state index in [1.807, 2.05) is 30.3 Å². The molecule has 0 aliphatic carbocycles. The fourth-order valence-electron chi connectivity index (χ4n) is 3.96. The minimum Gasteiger partial charge on any atom is -0.480 e. The molecular formula is C31H41ClF3N5O8. The summed E-state index contributed by atoms with van der Waals surface area (Å²) in [5.74, 6) is -4.35. The highest BCUT2D eigenvalue weighted by Crippen LogP contribution is 2.17. The number of alkyl carbamates (subject to hydrolysis) is 1. The van der Waals surface area contributed by atoms with Gasteiger partial charge in [-0.15, -0.1) is 0 Å². The van der Waals surface area contributed by atoms with E-state index in [9.17, 15) is 37.5 Å². The predicted molar refractivity (Wildman–Crippen MR) is 170 cm³/mol. The topological polar surface area (TPSA) is 209 Å². The van der Waals surface area contributed by atoms with Crippen LogP contribution in [-0.2, 0) is 25.7 Å². The zero-order valence-corrected chi connectivity index (χ0v) is 27.0. The number of urea groups is 1. The van der Waals surface area contributed by atoms with Crippen molar-refractivity contribution in [2.24, 2.45) is 5.73 Å². The Hall–Kier alpha value is -4.57. The molecule has 2 aromatic carbocycles. The van der Waals surface area contributed by atoms with Gasteiger partial charge in [0.2, 0.25) is 5.91 Å². The molecule has 2 rings (SSSR count). The molecule has 0 bridgehead atoms. The molecule has 0 aliphatic rings. The number of benzene rings is 2. The molecule has 266 valence electrons. The van der Waals surface area contributed by atoms with E-state index in [1.54, 1.807) is 31.2 Å². The first kappa shape index (κ1) is 41.5. The van der Waals surface area contributed by atoms with Crippen molar-refractivity contribution in [1.82, 2.24) is 21.3 Å². The van der Waals surface area contributed by atoms with Gasteiger partial charge >= 0.3 is 30.2 Å². The third kappa shape index (κ3) is 17.9. The maximum absolute atomic E-state index is 13.2. The number of alkyl halides is 3. The standard InChI is InChI=1S/C29H40ClN5O6.C2HF3O2/c1-20(22-13-15-23(30)16-14-22)33-26(36)24(34-28(39)35-25(27(37)38)12-5-7-17-31)11-6-8-18-32-29(40)41-19-21-9-3-2-4-10-21;3-2(4,5)1(6)7/h2-4,9-10,13-16,20,24-25H,5-8,11-12,17-19,31H2,1H3,(H,32,40)(H,33,36)(H,37,38)(H2,34,35,39);(H,6,7)/t20-,24+,25-;/m0./s1. The number of amides is 4. The number of unbranched alkanes of at least 4 members (excludes halogenated alkanes) is 2.